The Morgan fingerprint density at radius 2 is 1.81 bits per heavy atom. The molecule has 0 aliphatic carbocycles. The molecule has 0 N–H and O–H groups in total. The average Bonchev–Trinajstić information content (AvgIpc) is 3.08. The molecule has 142 valence electrons. The molecule has 2 saturated heterocycles. The molecule has 1 aromatic carbocycles. The van der Waals surface area contributed by atoms with Gasteiger partial charge in [-0.15, -0.1) is 0 Å². The Hall–Kier alpha value is -1.93. The first-order valence-electron chi connectivity index (χ1n) is 9.00. The molecule has 0 atom stereocenters. The van der Waals surface area contributed by atoms with Crippen molar-refractivity contribution in [1.82, 2.24) is 4.31 Å². The Balaban J connectivity index is 1.67. The third-order valence-corrected chi connectivity index (χ3v) is 6.85. The molecule has 0 saturated carbocycles. The minimum atomic E-state index is -3.60. The Bertz CT molecular complexity index is 767. The molecule has 3 rings (SSSR count). The number of ether oxygens (including phenoxy) is 1. The number of carbonyl (C=O) groups is 2. The van der Waals surface area contributed by atoms with Crippen LogP contribution in [0.4, 0.5) is 5.69 Å². The number of hydrogen-bond acceptors (Lipinski definition) is 5. The van der Waals surface area contributed by atoms with Gasteiger partial charge in [-0.2, -0.15) is 4.31 Å². The molecular formula is C18H24N2O5S. The van der Waals surface area contributed by atoms with Crippen LogP contribution in [0.2, 0.25) is 0 Å². The van der Waals surface area contributed by atoms with E-state index >= 15 is 0 Å². The maximum Gasteiger partial charge on any atom is 0.309 e. The lowest BCUT2D eigenvalue weighted by atomic mass is 9.98. The van der Waals surface area contributed by atoms with Gasteiger partial charge < -0.3 is 9.64 Å². The van der Waals surface area contributed by atoms with Gasteiger partial charge in [-0.25, -0.2) is 8.42 Å². The standard InChI is InChI=1S/C18H24N2O5S/c1-2-25-18(22)14-9-12-19(13-10-14)26(23,24)16-7-5-15(6-8-16)20-11-3-4-17(20)21/h5-8,14H,2-4,9-13H2,1H3. The largest absolute Gasteiger partial charge is 0.466 e. The van der Waals surface area contributed by atoms with Crippen molar-refractivity contribution >= 4 is 27.6 Å². The zero-order valence-electron chi connectivity index (χ0n) is 14.9. The lowest BCUT2D eigenvalue weighted by Gasteiger charge is -2.30. The molecule has 1 aromatic rings. The number of rotatable bonds is 5. The Morgan fingerprint density at radius 1 is 1.15 bits per heavy atom. The summed E-state index contributed by atoms with van der Waals surface area (Å²) >= 11 is 0. The van der Waals surface area contributed by atoms with E-state index in [0.717, 1.165) is 12.1 Å². The van der Waals surface area contributed by atoms with Crippen molar-refractivity contribution in [2.24, 2.45) is 5.92 Å². The van der Waals surface area contributed by atoms with E-state index < -0.39 is 10.0 Å². The van der Waals surface area contributed by atoms with Gasteiger partial charge in [-0.1, -0.05) is 0 Å². The highest BCUT2D eigenvalue weighted by Crippen LogP contribution is 2.27. The van der Waals surface area contributed by atoms with E-state index in [9.17, 15) is 18.0 Å². The van der Waals surface area contributed by atoms with Crippen LogP contribution in [0.5, 0.6) is 0 Å². The summed E-state index contributed by atoms with van der Waals surface area (Å²) in [6.07, 6.45) is 2.31. The molecule has 0 bridgehead atoms. The van der Waals surface area contributed by atoms with Crippen LogP contribution < -0.4 is 4.90 Å². The predicted molar refractivity (Wildman–Crippen MR) is 96.1 cm³/mol. The number of amides is 1. The fraction of sp³-hybridized carbons (Fsp3) is 0.556. The average molecular weight is 380 g/mol. The first kappa shape index (κ1) is 18.8. The van der Waals surface area contributed by atoms with Gasteiger partial charge in [-0.3, -0.25) is 9.59 Å². The molecule has 2 fully saturated rings. The fourth-order valence-electron chi connectivity index (χ4n) is 3.46. The van der Waals surface area contributed by atoms with Gasteiger partial charge in [0.15, 0.2) is 0 Å². The molecule has 1 amide bonds. The Kier molecular flexibility index (Phi) is 5.62. The number of hydrogen-bond donors (Lipinski definition) is 0. The number of anilines is 1. The van der Waals surface area contributed by atoms with Crippen molar-refractivity contribution in [3.8, 4) is 0 Å². The molecule has 0 unspecified atom stereocenters. The number of benzene rings is 1. The minimum Gasteiger partial charge on any atom is -0.466 e. The van der Waals surface area contributed by atoms with E-state index in [1.807, 2.05) is 0 Å². The first-order chi connectivity index (χ1) is 12.4. The van der Waals surface area contributed by atoms with E-state index in [1.54, 1.807) is 36.1 Å². The quantitative estimate of drug-likeness (QED) is 0.727. The van der Waals surface area contributed by atoms with Gasteiger partial charge in [0.05, 0.1) is 17.4 Å². The van der Waals surface area contributed by atoms with Gasteiger partial charge in [-0.05, 0) is 50.5 Å². The molecule has 8 heteroatoms. The summed E-state index contributed by atoms with van der Waals surface area (Å²) in [5.74, 6) is -0.407. The van der Waals surface area contributed by atoms with Gasteiger partial charge in [0, 0.05) is 31.7 Å². The number of esters is 1. The van der Waals surface area contributed by atoms with E-state index in [-0.39, 0.29) is 22.7 Å². The van der Waals surface area contributed by atoms with E-state index in [1.165, 1.54) is 4.31 Å². The number of carbonyl (C=O) groups excluding carboxylic acids is 2. The molecule has 0 radical (unpaired) electrons. The first-order valence-corrected chi connectivity index (χ1v) is 10.4. The molecule has 7 nitrogen and oxygen atoms in total. The molecular weight excluding hydrogens is 356 g/mol. The Labute approximate surface area is 154 Å². The third kappa shape index (κ3) is 3.76. The van der Waals surface area contributed by atoms with Crippen molar-refractivity contribution in [1.29, 1.82) is 0 Å². The normalized spacial score (nSPS) is 19.7. The maximum absolute atomic E-state index is 12.8. The minimum absolute atomic E-state index is 0.0710. The third-order valence-electron chi connectivity index (χ3n) is 4.93. The molecule has 0 aromatic heterocycles. The summed E-state index contributed by atoms with van der Waals surface area (Å²) in [6.45, 7) is 3.38. The maximum atomic E-state index is 12.8. The van der Waals surface area contributed by atoms with Crippen molar-refractivity contribution in [3.63, 3.8) is 0 Å². The zero-order chi connectivity index (χ0) is 18.7. The summed E-state index contributed by atoms with van der Waals surface area (Å²) < 4.78 is 32.1. The molecule has 2 aliphatic rings. The van der Waals surface area contributed by atoms with Crippen LogP contribution in [0.3, 0.4) is 0 Å². The van der Waals surface area contributed by atoms with E-state index in [0.29, 0.717) is 45.5 Å². The number of piperidine rings is 1. The van der Waals surface area contributed by atoms with Crippen molar-refractivity contribution in [2.45, 2.75) is 37.5 Å². The molecule has 0 spiro atoms. The molecule has 26 heavy (non-hydrogen) atoms. The van der Waals surface area contributed by atoms with Gasteiger partial charge >= 0.3 is 5.97 Å². The second kappa shape index (κ2) is 7.75. The van der Waals surface area contributed by atoms with Crippen LogP contribution in [-0.2, 0) is 24.3 Å². The van der Waals surface area contributed by atoms with Gasteiger partial charge in [0.25, 0.3) is 0 Å². The van der Waals surface area contributed by atoms with Crippen LogP contribution in [0.1, 0.15) is 32.6 Å². The highest BCUT2D eigenvalue weighted by Gasteiger charge is 2.33. The SMILES string of the molecule is CCOC(=O)C1CCN(S(=O)(=O)c2ccc(N3CCCC3=O)cc2)CC1. The van der Waals surface area contributed by atoms with Crippen molar-refractivity contribution < 1.29 is 22.7 Å². The summed E-state index contributed by atoms with van der Waals surface area (Å²) in [5.41, 5.74) is 0.729. The van der Waals surface area contributed by atoms with Gasteiger partial charge in [0.2, 0.25) is 15.9 Å². The highest BCUT2D eigenvalue weighted by atomic mass is 32.2. The highest BCUT2D eigenvalue weighted by molar-refractivity contribution is 7.89. The topological polar surface area (TPSA) is 84.0 Å². The second-order valence-corrected chi connectivity index (χ2v) is 8.51. The zero-order valence-corrected chi connectivity index (χ0v) is 15.7. The molecule has 2 aliphatic heterocycles. The smallest absolute Gasteiger partial charge is 0.309 e. The Morgan fingerprint density at radius 3 is 2.35 bits per heavy atom. The summed E-state index contributed by atoms with van der Waals surface area (Å²) in [7, 11) is -3.60. The summed E-state index contributed by atoms with van der Waals surface area (Å²) in [4.78, 5) is 25.5. The van der Waals surface area contributed by atoms with Crippen LogP contribution in [0, 0.1) is 5.92 Å². The lowest BCUT2D eigenvalue weighted by Crippen LogP contribution is -2.40. The number of sulfonamides is 1. The van der Waals surface area contributed by atoms with Crippen molar-refractivity contribution in [3.05, 3.63) is 24.3 Å². The summed E-state index contributed by atoms with van der Waals surface area (Å²) in [5, 5.41) is 0. The predicted octanol–water partition coefficient (Wildman–Crippen LogP) is 1.78. The van der Waals surface area contributed by atoms with Crippen molar-refractivity contribution in [2.75, 3.05) is 31.1 Å². The van der Waals surface area contributed by atoms with Crippen LogP contribution >= 0.6 is 0 Å². The van der Waals surface area contributed by atoms with Crippen LogP contribution in [0.15, 0.2) is 29.2 Å². The second-order valence-electron chi connectivity index (χ2n) is 6.57. The monoisotopic (exact) mass is 380 g/mol. The lowest BCUT2D eigenvalue weighted by molar-refractivity contribution is -0.149. The fourth-order valence-corrected chi connectivity index (χ4v) is 4.93. The summed E-state index contributed by atoms with van der Waals surface area (Å²) in [6, 6.07) is 6.46. The van der Waals surface area contributed by atoms with E-state index in [4.69, 9.17) is 4.74 Å². The molecule has 2 heterocycles. The van der Waals surface area contributed by atoms with E-state index in [2.05, 4.69) is 0 Å². The van der Waals surface area contributed by atoms with Gasteiger partial charge in [0.1, 0.15) is 0 Å². The van der Waals surface area contributed by atoms with Crippen LogP contribution in [-0.4, -0.2) is 50.8 Å². The van der Waals surface area contributed by atoms with Crippen LogP contribution in [0.25, 0.3) is 0 Å². The number of nitrogens with zero attached hydrogens (tertiary/aromatic N) is 2.